The van der Waals surface area contributed by atoms with Gasteiger partial charge in [-0.25, -0.2) is 4.79 Å². The van der Waals surface area contributed by atoms with Crippen LogP contribution < -0.4 is 10.5 Å². The smallest absolute Gasteiger partial charge is 0.343 e. The lowest BCUT2D eigenvalue weighted by atomic mass is 10.2. The normalized spacial score (nSPS) is 9.18. The minimum absolute atomic E-state index is 0. The quantitative estimate of drug-likeness (QED) is 0.506. The average molecular weight is 250 g/mol. The van der Waals surface area contributed by atoms with Crippen LogP contribution in [0, 0.1) is 0 Å². The molecule has 2 N–H and O–H groups in total. The highest BCUT2D eigenvalue weighted by atomic mass is 35.5. The summed E-state index contributed by atoms with van der Waals surface area (Å²) in [4.78, 5) is 11.7. The summed E-state index contributed by atoms with van der Waals surface area (Å²) in [6, 6.07) is 15.6. The van der Waals surface area contributed by atoms with E-state index in [9.17, 15) is 4.79 Å². The van der Waals surface area contributed by atoms with Crippen LogP contribution in [0.5, 0.6) is 5.75 Å². The maximum atomic E-state index is 11.7. The number of nitrogen functional groups attached to an aromatic ring is 1. The average Bonchev–Trinajstić information content (AvgIpc) is 2.31. The van der Waals surface area contributed by atoms with Gasteiger partial charge in [-0.3, -0.25) is 0 Å². The van der Waals surface area contributed by atoms with Crippen molar-refractivity contribution in [3.05, 3.63) is 60.2 Å². The molecule has 4 heteroatoms. The van der Waals surface area contributed by atoms with E-state index in [0.717, 1.165) is 0 Å². The summed E-state index contributed by atoms with van der Waals surface area (Å²) in [7, 11) is 0. The van der Waals surface area contributed by atoms with Crippen LogP contribution >= 0.6 is 12.4 Å². The van der Waals surface area contributed by atoms with Crippen molar-refractivity contribution in [2.24, 2.45) is 0 Å². The van der Waals surface area contributed by atoms with Crippen molar-refractivity contribution in [2.75, 3.05) is 5.73 Å². The zero-order valence-electron chi connectivity index (χ0n) is 9.00. The lowest BCUT2D eigenvalue weighted by Crippen LogP contribution is -2.08. The van der Waals surface area contributed by atoms with Crippen LogP contribution in [0.15, 0.2) is 54.6 Å². The van der Waals surface area contributed by atoms with Crippen LogP contribution in [0.4, 0.5) is 5.69 Å². The topological polar surface area (TPSA) is 52.3 Å². The number of ether oxygens (including phenoxy) is 1. The summed E-state index contributed by atoms with van der Waals surface area (Å²) in [5.41, 5.74) is 6.63. The Morgan fingerprint density at radius 3 is 2.12 bits per heavy atom. The molecule has 0 bridgehead atoms. The molecule has 17 heavy (non-hydrogen) atoms. The highest BCUT2D eigenvalue weighted by Gasteiger charge is 2.07. The third-order valence-corrected chi connectivity index (χ3v) is 2.10. The Balaban J connectivity index is 0.00000144. The Hall–Kier alpha value is -2.00. The van der Waals surface area contributed by atoms with Gasteiger partial charge < -0.3 is 10.5 Å². The number of rotatable bonds is 2. The summed E-state index contributed by atoms with van der Waals surface area (Å²) in [6.45, 7) is 0. The van der Waals surface area contributed by atoms with E-state index < -0.39 is 0 Å². The predicted molar refractivity (Wildman–Crippen MR) is 69.5 cm³/mol. The van der Waals surface area contributed by atoms with Crippen molar-refractivity contribution in [2.45, 2.75) is 0 Å². The second-order valence-electron chi connectivity index (χ2n) is 3.32. The number of carbonyl (C=O) groups excluding carboxylic acids is 1. The summed E-state index contributed by atoms with van der Waals surface area (Å²) in [5.74, 6) is 0.149. The molecule has 2 aromatic rings. The molecule has 0 aliphatic rings. The second kappa shape index (κ2) is 5.92. The number of hydrogen-bond acceptors (Lipinski definition) is 3. The van der Waals surface area contributed by atoms with Crippen molar-refractivity contribution in [3.8, 4) is 5.75 Å². The summed E-state index contributed by atoms with van der Waals surface area (Å²) >= 11 is 0. The zero-order valence-corrected chi connectivity index (χ0v) is 9.81. The summed E-state index contributed by atoms with van der Waals surface area (Å²) in [5, 5.41) is 0. The molecular weight excluding hydrogens is 238 g/mol. The molecule has 0 spiro atoms. The molecule has 0 fully saturated rings. The van der Waals surface area contributed by atoms with E-state index in [1.165, 1.54) is 0 Å². The number of carbonyl (C=O) groups is 1. The molecule has 0 unspecified atom stereocenters. The SMILES string of the molecule is Cl.Nc1ccc(C(=O)Oc2ccccc2)cc1. The highest BCUT2D eigenvalue weighted by Crippen LogP contribution is 2.12. The minimum Gasteiger partial charge on any atom is -0.423 e. The Kier molecular flexibility index (Phi) is 4.55. The molecule has 0 saturated heterocycles. The van der Waals surface area contributed by atoms with E-state index >= 15 is 0 Å². The summed E-state index contributed by atoms with van der Waals surface area (Å²) < 4.78 is 5.16. The van der Waals surface area contributed by atoms with Crippen molar-refractivity contribution in [1.29, 1.82) is 0 Å². The van der Waals surface area contributed by atoms with Crippen molar-refractivity contribution in [3.63, 3.8) is 0 Å². The predicted octanol–water partition coefficient (Wildman–Crippen LogP) is 2.91. The molecule has 2 rings (SSSR count). The van der Waals surface area contributed by atoms with Crippen molar-refractivity contribution in [1.82, 2.24) is 0 Å². The number of nitrogens with two attached hydrogens (primary N) is 1. The maximum absolute atomic E-state index is 11.7. The first-order valence-corrected chi connectivity index (χ1v) is 4.88. The Bertz CT molecular complexity index is 483. The molecule has 0 aliphatic carbocycles. The lowest BCUT2D eigenvalue weighted by molar-refractivity contribution is 0.0735. The first-order chi connectivity index (χ1) is 7.75. The molecule has 2 aromatic carbocycles. The number of hydrogen-bond donors (Lipinski definition) is 1. The first kappa shape index (κ1) is 13.1. The Morgan fingerprint density at radius 2 is 1.53 bits per heavy atom. The zero-order chi connectivity index (χ0) is 11.4. The highest BCUT2D eigenvalue weighted by molar-refractivity contribution is 5.91. The van der Waals surface area contributed by atoms with Gasteiger partial charge in [-0.15, -0.1) is 12.4 Å². The van der Waals surface area contributed by atoms with Crippen LogP contribution in [-0.2, 0) is 0 Å². The fourth-order valence-electron chi connectivity index (χ4n) is 1.27. The molecule has 88 valence electrons. The van der Waals surface area contributed by atoms with Gasteiger partial charge in [-0.05, 0) is 36.4 Å². The van der Waals surface area contributed by atoms with Crippen LogP contribution in [0.1, 0.15) is 10.4 Å². The number of benzene rings is 2. The molecule has 0 aromatic heterocycles. The molecule has 0 amide bonds. The third-order valence-electron chi connectivity index (χ3n) is 2.10. The minimum atomic E-state index is -0.383. The van der Waals surface area contributed by atoms with Crippen molar-refractivity contribution < 1.29 is 9.53 Å². The van der Waals surface area contributed by atoms with Gasteiger partial charge in [0.25, 0.3) is 0 Å². The monoisotopic (exact) mass is 249 g/mol. The van der Waals surface area contributed by atoms with Gasteiger partial charge in [0.2, 0.25) is 0 Å². The van der Waals surface area contributed by atoms with Gasteiger partial charge in [-0.1, -0.05) is 18.2 Å². The summed E-state index contributed by atoms with van der Waals surface area (Å²) in [6.07, 6.45) is 0. The molecule has 0 radical (unpaired) electrons. The van der Waals surface area contributed by atoms with Gasteiger partial charge >= 0.3 is 5.97 Å². The second-order valence-corrected chi connectivity index (χ2v) is 3.32. The lowest BCUT2D eigenvalue weighted by Gasteiger charge is -2.03. The van der Waals surface area contributed by atoms with E-state index in [0.29, 0.717) is 17.0 Å². The van der Waals surface area contributed by atoms with Crippen LogP contribution in [0.2, 0.25) is 0 Å². The van der Waals surface area contributed by atoms with E-state index in [1.54, 1.807) is 36.4 Å². The fourth-order valence-corrected chi connectivity index (χ4v) is 1.27. The van der Waals surface area contributed by atoms with Gasteiger partial charge in [0.05, 0.1) is 5.56 Å². The molecule has 0 aliphatic heterocycles. The maximum Gasteiger partial charge on any atom is 0.343 e. The van der Waals surface area contributed by atoms with Crippen molar-refractivity contribution >= 4 is 24.1 Å². The molecular formula is C13H12ClNO2. The number of para-hydroxylation sites is 1. The molecule has 0 saturated carbocycles. The first-order valence-electron chi connectivity index (χ1n) is 4.88. The van der Waals surface area contributed by atoms with Gasteiger partial charge in [-0.2, -0.15) is 0 Å². The molecule has 3 nitrogen and oxygen atoms in total. The van der Waals surface area contributed by atoms with Crippen LogP contribution in [0.25, 0.3) is 0 Å². The third kappa shape index (κ3) is 3.50. The number of anilines is 1. The molecule has 0 heterocycles. The van der Waals surface area contributed by atoms with E-state index in [2.05, 4.69) is 0 Å². The van der Waals surface area contributed by atoms with E-state index in [4.69, 9.17) is 10.5 Å². The number of halogens is 1. The van der Waals surface area contributed by atoms with E-state index in [1.807, 2.05) is 18.2 Å². The van der Waals surface area contributed by atoms with Crippen LogP contribution in [-0.4, -0.2) is 5.97 Å². The molecule has 0 atom stereocenters. The van der Waals surface area contributed by atoms with Crippen LogP contribution in [0.3, 0.4) is 0 Å². The van der Waals surface area contributed by atoms with Gasteiger partial charge in [0.15, 0.2) is 0 Å². The van der Waals surface area contributed by atoms with Gasteiger partial charge in [0.1, 0.15) is 5.75 Å². The van der Waals surface area contributed by atoms with Gasteiger partial charge in [0, 0.05) is 5.69 Å². The Morgan fingerprint density at radius 1 is 0.941 bits per heavy atom. The fraction of sp³-hybridized carbons (Fsp3) is 0. The Labute approximate surface area is 106 Å². The number of esters is 1. The largest absolute Gasteiger partial charge is 0.423 e. The van der Waals surface area contributed by atoms with E-state index in [-0.39, 0.29) is 18.4 Å². The standard InChI is InChI=1S/C13H11NO2.ClH/c14-11-8-6-10(7-9-11)13(15)16-12-4-2-1-3-5-12;/h1-9H,14H2;1H.